The quantitative estimate of drug-likeness (QED) is 0.416. The number of aliphatic imine (C=N–C) groups is 1. The van der Waals surface area contributed by atoms with Gasteiger partial charge >= 0.3 is 0 Å². The Kier molecular flexibility index (Phi) is 6.57. The number of nitrogens with one attached hydrogen (secondary N) is 1. The molecule has 1 heterocycles. The first-order valence-electron chi connectivity index (χ1n) is 9.33. The summed E-state index contributed by atoms with van der Waals surface area (Å²) >= 11 is 0. The fraction of sp³-hybridized carbons (Fsp3) is 0.632. The number of anilines is 1. The van der Waals surface area contributed by atoms with Crippen LogP contribution in [0.3, 0.4) is 0 Å². The zero-order valence-corrected chi connectivity index (χ0v) is 17.1. The topological polar surface area (TPSA) is 62.9 Å². The third-order valence-electron chi connectivity index (χ3n) is 5.36. The summed E-state index contributed by atoms with van der Waals surface area (Å²) in [5.74, 6) is 0.501. The fourth-order valence-electron chi connectivity index (χ4n) is 3.90. The summed E-state index contributed by atoms with van der Waals surface area (Å²) in [4.78, 5) is 7.08. The number of hydrogen-bond acceptors (Lipinski definition) is 3. The van der Waals surface area contributed by atoms with Crippen molar-refractivity contribution >= 4 is 35.6 Å². The smallest absolute Gasteiger partial charge is 0.193 e. The highest BCUT2D eigenvalue weighted by Gasteiger charge is 2.32. The minimum Gasteiger partial charge on any atom is -0.374 e. The monoisotopic (exact) mass is 456 g/mol. The molecule has 2 fully saturated rings. The third kappa shape index (κ3) is 4.86. The van der Waals surface area contributed by atoms with E-state index >= 15 is 0 Å². The minimum atomic E-state index is 0. The first-order chi connectivity index (χ1) is 11.8. The second kappa shape index (κ2) is 8.68. The van der Waals surface area contributed by atoms with Crippen molar-refractivity contribution in [2.45, 2.75) is 50.7 Å². The van der Waals surface area contributed by atoms with Gasteiger partial charge in [-0.3, -0.25) is 9.89 Å². The highest BCUT2D eigenvalue weighted by atomic mass is 127. The Morgan fingerprint density at radius 2 is 2.12 bits per heavy atom. The number of halogens is 1. The van der Waals surface area contributed by atoms with Gasteiger partial charge in [-0.25, -0.2) is 0 Å². The molecule has 0 bridgehead atoms. The van der Waals surface area contributed by atoms with E-state index in [4.69, 9.17) is 10.5 Å². The van der Waals surface area contributed by atoms with E-state index in [2.05, 4.69) is 33.4 Å². The molecule has 0 amide bonds. The van der Waals surface area contributed by atoms with Crippen molar-refractivity contribution < 1.29 is 4.74 Å². The average molecular weight is 456 g/mol. The van der Waals surface area contributed by atoms with Gasteiger partial charge in [-0.2, -0.15) is 0 Å². The second-order valence-electron chi connectivity index (χ2n) is 7.22. The van der Waals surface area contributed by atoms with E-state index < -0.39 is 0 Å². The number of morpholine rings is 1. The number of nitrogens with two attached hydrogens (primary N) is 1. The lowest BCUT2D eigenvalue weighted by Gasteiger charge is -2.32. The van der Waals surface area contributed by atoms with Gasteiger partial charge in [-0.05, 0) is 55.7 Å². The number of hydrogen-bond donors (Lipinski definition) is 2. The van der Waals surface area contributed by atoms with Crippen LogP contribution in [-0.2, 0) is 17.6 Å². The molecular formula is C19H29IN4O. The zero-order valence-electron chi connectivity index (χ0n) is 14.7. The first kappa shape index (κ1) is 18.9. The van der Waals surface area contributed by atoms with Crippen LogP contribution in [0.1, 0.15) is 36.8 Å². The van der Waals surface area contributed by atoms with Gasteiger partial charge in [-0.15, -0.1) is 24.0 Å². The second-order valence-corrected chi connectivity index (χ2v) is 7.22. The van der Waals surface area contributed by atoms with Gasteiger partial charge in [0.15, 0.2) is 5.96 Å². The van der Waals surface area contributed by atoms with Gasteiger partial charge in [0.25, 0.3) is 0 Å². The molecule has 3 N–H and O–H groups in total. The lowest BCUT2D eigenvalue weighted by atomic mass is 9.90. The van der Waals surface area contributed by atoms with Crippen LogP contribution in [-0.4, -0.2) is 49.2 Å². The molecule has 138 valence electrons. The van der Waals surface area contributed by atoms with Crippen molar-refractivity contribution in [1.82, 2.24) is 4.90 Å². The lowest BCUT2D eigenvalue weighted by Crippen LogP contribution is -2.45. The minimum absolute atomic E-state index is 0. The lowest BCUT2D eigenvalue weighted by molar-refractivity contribution is -0.0258. The zero-order chi connectivity index (χ0) is 16.4. The Hall–Kier alpha value is -0.860. The number of aryl methyl sites for hydroxylation is 1. The van der Waals surface area contributed by atoms with E-state index in [1.165, 1.54) is 43.2 Å². The van der Waals surface area contributed by atoms with Crippen molar-refractivity contribution in [3.8, 4) is 0 Å². The maximum absolute atomic E-state index is 6.13. The van der Waals surface area contributed by atoms with Gasteiger partial charge in [0.1, 0.15) is 0 Å². The molecule has 4 rings (SSSR count). The summed E-state index contributed by atoms with van der Waals surface area (Å²) in [6, 6.07) is 7.25. The molecule has 1 aromatic rings. The highest BCUT2D eigenvalue weighted by molar-refractivity contribution is 14.0. The molecule has 5 nitrogen and oxygen atoms in total. The predicted octanol–water partition coefficient (Wildman–Crippen LogP) is 2.77. The van der Waals surface area contributed by atoms with Crippen molar-refractivity contribution in [3.05, 3.63) is 29.3 Å². The van der Waals surface area contributed by atoms with Crippen LogP contribution in [0.25, 0.3) is 0 Å². The predicted molar refractivity (Wildman–Crippen MR) is 113 cm³/mol. The highest BCUT2D eigenvalue weighted by Crippen LogP contribution is 2.29. The van der Waals surface area contributed by atoms with Crippen LogP contribution in [0.5, 0.6) is 0 Å². The maximum atomic E-state index is 6.13. The summed E-state index contributed by atoms with van der Waals surface area (Å²) in [7, 11) is 0. The molecule has 2 aliphatic carbocycles. The molecule has 1 unspecified atom stereocenters. The SMILES string of the molecule is I.NC(=NCC1CN(C2CC2)CCO1)Nc1cccc2c1CCCC2. The Morgan fingerprint density at radius 3 is 2.96 bits per heavy atom. The number of benzene rings is 1. The number of ether oxygens (including phenoxy) is 1. The fourth-order valence-corrected chi connectivity index (χ4v) is 3.90. The van der Waals surface area contributed by atoms with E-state index in [1.807, 2.05) is 0 Å². The van der Waals surface area contributed by atoms with Crippen LogP contribution in [0, 0.1) is 0 Å². The number of fused-ring (bicyclic) bond motifs is 1. The average Bonchev–Trinajstić information content (AvgIpc) is 3.46. The van der Waals surface area contributed by atoms with Gasteiger partial charge in [0.05, 0.1) is 19.3 Å². The summed E-state index contributed by atoms with van der Waals surface area (Å²) < 4.78 is 5.85. The number of guanidine groups is 1. The van der Waals surface area contributed by atoms with E-state index in [-0.39, 0.29) is 30.1 Å². The summed E-state index contributed by atoms with van der Waals surface area (Å²) in [6.07, 6.45) is 7.72. The third-order valence-corrected chi connectivity index (χ3v) is 5.36. The van der Waals surface area contributed by atoms with Gasteiger partial charge in [0.2, 0.25) is 0 Å². The number of rotatable bonds is 4. The van der Waals surface area contributed by atoms with Crippen molar-refractivity contribution in [3.63, 3.8) is 0 Å². The van der Waals surface area contributed by atoms with E-state index in [1.54, 1.807) is 0 Å². The van der Waals surface area contributed by atoms with Crippen LogP contribution in [0.4, 0.5) is 5.69 Å². The van der Waals surface area contributed by atoms with Crippen LogP contribution >= 0.6 is 24.0 Å². The first-order valence-corrected chi connectivity index (χ1v) is 9.33. The molecule has 3 aliphatic rings. The molecule has 25 heavy (non-hydrogen) atoms. The molecule has 1 atom stereocenters. The summed E-state index contributed by atoms with van der Waals surface area (Å²) in [5, 5.41) is 3.31. The van der Waals surface area contributed by atoms with Crippen molar-refractivity contribution in [2.24, 2.45) is 10.7 Å². The molecule has 0 aromatic heterocycles. The van der Waals surface area contributed by atoms with E-state index in [0.29, 0.717) is 12.5 Å². The van der Waals surface area contributed by atoms with E-state index in [9.17, 15) is 0 Å². The molecule has 6 heteroatoms. The summed E-state index contributed by atoms with van der Waals surface area (Å²) in [5.41, 5.74) is 10.1. The largest absolute Gasteiger partial charge is 0.374 e. The standard InChI is InChI=1S/C19H28N4O.HI/c20-19(21-12-16-13-23(10-11-24-16)15-8-9-15)22-18-7-3-5-14-4-1-2-6-17(14)18;/h3,5,7,15-16H,1-2,4,6,8-13H2,(H3,20,21,22);1H. The van der Waals surface area contributed by atoms with Crippen LogP contribution < -0.4 is 11.1 Å². The Balaban J connectivity index is 0.00000182. The molecule has 1 saturated heterocycles. The van der Waals surface area contributed by atoms with Crippen molar-refractivity contribution in [1.29, 1.82) is 0 Å². The Bertz CT molecular complexity index is 617. The number of nitrogens with zero attached hydrogens (tertiary/aromatic N) is 2. The van der Waals surface area contributed by atoms with Gasteiger partial charge in [-0.1, -0.05) is 12.1 Å². The molecule has 0 spiro atoms. The molecule has 0 radical (unpaired) electrons. The van der Waals surface area contributed by atoms with Crippen LogP contribution in [0.15, 0.2) is 23.2 Å². The van der Waals surface area contributed by atoms with E-state index in [0.717, 1.165) is 37.8 Å². The van der Waals surface area contributed by atoms with Gasteiger partial charge in [0, 0.05) is 24.8 Å². The van der Waals surface area contributed by atoms with Crippen molar-refractivity contribution in [2.75, 3.05) is 31.6 Å². The maximum Gasteiger partial charge on any atom is 0.193 e. The Labute approximate surface area is 167 Å². The van der Waals surface area contributed by atoms with Gasteiger partial charge < -0.3 is 15.8 Å². The normalized spacial score (nSPS) is 24.3. The molecule has 1 saturated carbocycles. The molecule has 1 aromatic carbocycles. The molecular weight excluding hydrogens is 427 g/mol. The Morgan fingerprint density at radius 1 is 1.28 bits per heavy atom. The van der Waals surface area contributed by atoms with Crippen LogP contribution in [0.2, 0.25) is 0 Å². The summed E-state index contributed by atoms with van der Waals surface area (Å²) in [6.45, 7) is 3.50. The molecule has 1 aliphatic heterocycles.